The van der Waals surface area contributed by atoms with Crippen molar-refractivity contribution in [3.05, 3.63) is 16.2 Å². The van der Waals surface area contributed by atoms with Crippen molar-refractivity contribution in [2.45, 2.75) is 6.42 Å². The molecule has 7 heteroatoms. The summed E-state index contributed by atoms with van der Waals surface area (Å²) in [5.41, 5.74) is 3.12. The van der Waals surface area contributed by atoms with Gasteiger partial charge in [-0.15, -0.1) is 0 Å². The van der Waals surface area contributed by atoms with Gasteiger partial charge in [0.2, 0.25) is 5.95 Å². The summed E-state index contributed by atoms with van der Waals surface area (Å²) in [6.07, 6.45) is 0.621. The molecule has 0 spiro atoms. The van der Waals surface area contributed by atoms with Crippen LogP contribution >= 0.6 is 0 Å². The number of anilines is 1. The van der Waals surface area contributed by atoms with Gasteiger partial charge in [-0.3, -0.25) is 14.6 Å². The SMILES string of the molecule is O=c1[nH]c2nc3nc([nH]c13)CCON2. The topological polar surface area (TPSA) is 95.7 Å². The minimum absolute atomic E-state index is 0.248. The normalized spacial score (nSPS) is 15.1. The van der Waals surface area contributed by atoms with Crippen LogP contribution < -0.4 is 11.0 Å². The average molecular weight is 193 g/mol. The van der Waals surface area contributed by atoms with Crippen LogP contribution in [0.25, 0.3) is 11.2 Å². The van der Waals surface area contributed by atoms with E-state index in [0.717, 1.165) is 0 Å². The molecule has 0 aliphatic carbocycles. The summed E-state index contributed by atoms with van der Waals surface area (Å²) in [4.78, 5) is 30.1. The lowest BCUT2D eigenvalue weighted by molar-refractivity contribution is 0.193. The molecule has 3 rings (SSSR count). The lowest BCUT2D eigenvalue weighted by Gasteiger charge is -2.04. The first-order chi connectivity index (χ1) is 6.83. The summed E-state index contributed by atoms with van der Waals surface area (Å²) in [7, 11) is 0. The first-order valence-corrected chi connectivity index (χ1v) is 4.19. The predicted molar refractivity (Wildman–Crippen MR) is 47.8 cm³/mol. The molecule has 0 amide bonds. The van der Waals surface area contributed by atoms with Crippen molar-refractivity contribution in [3.63, 3.8) is 0 Å². The van der Waals surface area contributed by atoms with E-state index in [1.54, 1.807) is 0 Å². The highest BCUT2D eigenvalue weighted by Crippen LogP contribution is 2.08. The van der Waals surface area contributed by atoms with Crippen LogP contribution in [0.5, 0.6) is 0 Å². The Balaban J connectivity index is 2.41. The fraction of sp³-hybridized carbons (Fsp3) is 0.286. The van der Waals surface area contributed by atoms with Crippen molar-refractivity contribution in [2.24, 2.45) is 0 Å². The molecule has 0 saturated heterocycles. The Labute approximate surface area is 77.5 Å². The highest BCUT2D eigenvalue weighted by molar-refractivity contribution is 5.70. The minimum atomic E-state index is -0.248. The highest BCUT2D eigenvalue weighted by Gasteiger charge is 2.11. The molecule has 72 valence electrons. The molecule has 14 heavy (non-hydrogen) atoms. The van der Waals surface area contributed by atoms with Crippen molar-refractivity contribution in [1.82, 2.24) is 19.9 Å². The van der Waals surface area contributed by atoms with E-state index >= 15 is 0 Å². The molecule has 0 unspecified atom stereocenters. The average Bonchev–Trinajstić information content (AvgIpc) is 2.59. The molecule has 0 radical (unpaired) electrons. The Morgan fingerprint density at radius 3 is 3.14 bits per heavy atom. The largest absolute Gasteiger partial charge is 0.336 e. The molecule has 3 N–H and O–H groups in total. The van der Waals surface area contributed by atoms with Crippen molar-refractivity contribution >= 4 is 17.1 Å². The van der Waals surface area contributed by atoms with Crippen molar-refractivity contribution < 1.29 is 4.84 Å². The number of nitrogens with zero attached hydrogens (tertiary/aromatic N) is 2. The van der Waals surface area contributed by atoms with Gasteiger partial charge in [-0.05, 0) is 0 Å². The van der Waals surface area contributed by atoms with E-state index in [1.807, 2.05) is 0 Å². The molecule has 1 aliphatic rings. The first-order valence-electron chi connectivity index (χ1n) is 4.19. The monoisotopic (exact) mass is 193 g/mol. The molecule has 0 fully saturated rings. The van der Waals surface area contributed by atoms with Crippen LogP contribution in [0, 0.1) is 0 Å². The van der Waals surface area contributed by atoms with Gasteiger partial charge in [0.1, 0.15) is 5.82 Å². The first kappa shape index (κ1) is 7.51. The van der Waals surface area contributed by atoms with Crippen LogP contribution in [0.4, 0.5) is 5.95 Å². The molecule has 2 aromatic rings. The van der Waals surface area contributed by atoms with Gasteiger partial charge in [-0.2, -0.15) is 4.98 Å². The lowest BCUT2D eigenvalue weighted by atomic mass is 10.4. The number of hydrogen-bond acceptors (Lipinski definition) is 5. The zero-order valence-electron chi connectivity index (χ0n) is 7.13. The van der Waals surface area contributed by atoms with Gasteiger partial charge < -0.3 is 4.98 Å². The Bertz CT molecular complexity index is 542. The van der Waals surface area contributed by atoms with Crippen LogP contribution in [0.3, 0.4) is 0 Å². The van der Waals surface area contributed by atoms with Crippen molar-refractivity contribution in [2.75, 3.05) is 12.1 Å². The maximum atomic E-state index is 11.4. The summed E-state index contributed by atoms with van der Waals surface area (Å²) in [6, 6.07) is 0. The fourth-order valence-electron chi connectivity index (χ4n) is 1.39. The zero-order valence-corrected chi connectivity index (χ0v) is 7.13. The number of hydrogen-bond donors (Lipinski definition) is 3. The third-order valence-electron chi connectivity index (χ3n) is 2.02. The van der Waals surface area contributed by atoms with Gasteiger partial charge in [0, 0.05) is 6.42 Å². The molecule has 3 bridgehead atoms. The van der Waals surface area contributed by atoms with E-state index < -0.39 is 0 Å². The number of imidazole rings is 1. The molecule has 0 saturated carbocycles. The molecular formula is C7H7N5O2. The minimum Gasteiger partial charge on any atom is -0.336 e. The number of H-pyrrole nitrogens is 2. The molecule has 2 aromatic heterocycles. The number of nitrogens with one attached hydrogen (secondary N) is 3. The van der Waals surface area contributed by atoms with Gasteiger partial charge in [0.05, 0.1) is 6.61 Å². The smallest absolute Gasteiger partial charge is 0.278 e. The molecule has 7 nitrogen and oxygen atoms in total. The van der Waals surface area contributed by atoms with Gasteiger partial charge in [0.15, 0.2) is 11.2 Å². The Morgan fingerprint density at radius 1 is 1.29 bits per heavy atom. The van der Waals surface area contributed by atoms with Gasteiger partial charge in [-0.1, -0.05) is 0 Å². The Kier molecular flexibility index (Phi) is 1.37. The molecular weight excluding hydrogens is 186 g/mol. The third kappa shape index (κ3) is 0.990. The number of fused-ring (bicyclic) bond motifs is 2. The van der Waals surface area contributed by atoms with E-state index in [2.05, 4.69) is 25.4 Å². The van der Waals surface area contributed by atoms with Crippen LogP contribution in [0.1, 0.15) is 5.82 Å². The van der Waals surface area contributed by atoms with E-state index in [1.165, 1.54) is 0 Å². The van der Waals surface area contributed by atoms with Gasteiger partial charge in [-0.25, -0.2) is 10.5 Å². The second-order valence-electron chi connectivity index (χ2n) is 3.00. The van der Waals surface area contributed by atoms with E-state index in [0.29, 0.717) is 30.0 Å². The zero-order chi connectivity index (χ0) is 9.54. The van der Waals surface area contributed by atoms with Crippen LogP contribution in [0.2, 0.25) is 0 Å². The maximum Gasteiger partial charge on any atom is 0.278 e. The number of aromatic amines is 2. The lowest BCUT2D eigenvalue weighted by Crippen LogP contribution is -2.15. The summed E-state index contributed by atoms with van der Waals surface area (Å²) in [6.45, 7) is 0.473. The van der Waals surface area contributed by atoms with Crippen LogP contribution in [-0.4, -0.2) is 26.5 Å². The van der Waals surface area contributed by atoms with Crippen molar-refractivity contribution in [3.8, 4) is 0 Å². The number of aromatic nitrogens is 4. The maximum absolute atomic E-state index is 11.4. The quantitative estimate of drug-likeness (QED) is 0.526. The standard InChI is InChI=1S/C7H7N5O2/c13-6-4-5-9-3(8-4)1-2-14-12-7(10-5)11-6/h1-2H2,(H3,8,9,10,11,12,13). The molecule has 1 aliphatic heterocycles. The molecule has 0 atom stereocenters. The van der Waals surface area contributed by atoms with E-state index in [4.69, 9.17) is 4.84 Å². The number of rotatable bonds is 0. The third-order valence-corrected chi connectivity index (χ3v) is 2.02. The summed E-state index contributed by atoms with van der Waals surface area (Å²) in [5, 5.41) is 0. The Morgan fingerprint density at radius 2 is 2.21 bits per heavy atom. The molecule has 3 heterocycles. The summed E-state index contributed by atoms with van der Waals surface area (Å²) >= 11 is 0. The van der Waals surface area contributed by atoms with Crippen LogP contribution in [-0.2, 0) is 11.3 Å². The second-order valence-corrected chi connectivity index (χ2v) is 3.00. The van der Waals surface area contributed by atoms with E-state index in [9.17, 15) is 4.79 Å². The van der Waals surface area contributed by atoms with Crippen molar-refractivity contribution in [1.29, 1.82) is 0 Å². The highest BCUT2D eigenvalue weighted by atomic mass is 16.6. The molecule has 0 aromatic carbocycles. The Hall–Kier alpha value is -1.89. The van der Waals surface area contributed by atoms with Gasteiger partial charge >= 0.3 is 0 Å². The summed E-state index contributed by atoms with van der Waals surface area (Å²) < 4.78 is 0. The summed E-state index contributed by atoms with van der Waals surface area (Å²) in [5.74, 6) is 0.987. The van der Waals surface area contributed by atoms with E-state index in [-0.39, 0.29) is 11.5 Å². The van der Waals surface area contributed by atoms with Crippen LogP contribution in [0.15, 0.2) is 4.79 Å². The predicted octanol–water partition coefficient (Wildman–Crippen LogP) is -0.454. The second kappa shape index (κ2) is 2.55. The fourth-order valence-corrected chi connectivity index (χ4v) is 1.39. The van der Waals surface area contributed by atoms with Gasteiger partial charge in [0.25, 0.3) is 5.56 Å².